The molecule has 4 aromatic rings. The number of morpholine rings is 1. The van der Waals surface area contributed by atoms with Crippen LogP contribution < -0.4 is 15.8 Å². The highest BCUT2D eigenvalue weighted by Crippen LogP contribution is 2.28. The maximum Gasteiger partial charge on any atom is 0.255 e. The first-order valence-electron chi connectivity index (χ1n) is 11.4. The topological polar surface area (TPSA) is 116 Å². The van der Waals surface area contributed by atoms with Crippen LogP contribution in [0.3, 0.4) is 0 Å². The molecule has 1 fully saturated rings. The SMILES string of the molecule is Cc1nc(N2CCOCC2)[nH]c(=O)c1CCC(=O)Nc1ccc2nc(-c3ccccc3Cl)[nH]c2c1. The lowest BCUT2D eigenvalue weighted by molar-refractivity contribution is -0.116. The Labute approximate surface area is 206 Å². The number of aromatic amines is 2. The summed E-state index contributed by atoms with van der Waals surface area (Å²) >= 11 is 6.29. The first-order valence-corrected chi connectivity index (χ1v) is 11.8. The van der Waals surface area contributed by atoms with Crippen LogP contribution in [0.5, 0.6) is 0 Å². The smallest absolute Gasteiger partial charge is 0.255 e. The Bertz CT molecular complexity index is 1440. The van der Waals surface area contributed by atoms with E-state index in [2.05, 4.69) is 25.3 Å². The fourth-order valence-corrected chi connectivity index (χ4v) is 4.37. The third-order valence-electron chi connectivity index (χ3n) is 6.02. The van der Waals surface area contributed by atoms with Gasteiger partial charge in [-0.3, -0.25) is 14.6 Å². The van der Waals surface area contributed by atoms with E-state index in [1.807, 2.05) is 41.3 Å². The van der Waals surface area contributed by atoms with Crippen LogP contribution in [0.25, 0.3) is 22.4 Å². The number of carbonyl (C=O) groups is 1. The van der Waals surface area contributed by atoms with E-state index in [0.717, 1.165) is 16.6 Å². The van der Waals surface area contributed by atoms with Crippen molar-refractivity contribution >= 4 is 40.2 Å². The van der Waals surface area contributed by atoms with Gasteiger partial charge in [0.1, 0.15) is 5.82 Å². The van der Waals surface area contributed by atoms with Gasteiger partial charge in [-0.15, -0.1) is 0 Å². The predicted molar refractivity (Wildman–Crippen MR) is 136 cm³/mol. The van der Waals surface area contributed by atoms with Crippen LogP contribution in [0.1, 0.15) is 17.7 Å². The van der Waals surface area contributed by atoms with Crippen molar-refractivity contribution in [3.63, 3.8) is 0 Å². The number of imidazole rings is 1. The average Bonchev–Trinajstić information content (AvgIpc) is 3.27. The molecule has 1 aliphatic heterocycles. The molecule has 3 heterocycles. The monoisotopic (exact) mass is 492 g/mol. The van der Waals surface area contributed by atoms with E-state index in [1.54, 1.807) is 13.0 Å². The minimum Gasteiger partial charge on any atom is -0.378 e. The lowest BCUT2D eigenvalue weighted by Gasteiger charge is -2.27. The molecule has 3 N–H and O–H groups in total. The van der Waals surface area contributed by atoms with Crippen molar-refractivity contribution in [3.05, 3.63) is 69.1 Å². The number of fused-ring (bicyclic) bond motifs is 1. The molecular weight excluding hydrogens is 468 g/mol. The van der Waals surface area contributed by atoms with Crippen LogP contribution in [0.2, 0.25) is 5.02 Å². The summed E-state index contributed by atoms with van der Waals surface area (Å²) in [5.74, 6) is 1.02. The number of nitrogens with one attached hydrogen (secondary N) is 3. The second-order valence-electron chi connectivity index (χ2n) is 8.40. The quantitative estimate of drug-likeness (QED) is 0.378. The van der Waals surface area contributed by atoms with Crippen LogP contribution in [0.4, 0.5) is 11.6 Å². The summed E-state index contributed by atoms with van der Waals surface area (Å²) in [4.78, 5) is 42.5. The zero-order valence-electron chi connectivity index (χ0n) is 19.2. The summed E-state index contributed by atoms with van der Waals surface area (Å²) in [7, 11) is 0. The van der Waals surface area contributed by atoms with Gasteiger partial charge in [0, 0.05) is 42.0 Å². The van der Waals surface area contributed by atoms with Gasteiger partial charge >= 0.3 is 0 Å². The number of halogens is 1. The third kappa shape index (κ3) is 5.06. The zero-order chi connectivity index (χ0) is 24.4. The number of aryl methyl sites for hydroxylation is 1. The van der Waals surface area contributed by atoms with Gasteiger partial charge < -0.3 is 19.9 Å². The van der Waals surface area contributed by atoms with E-state index in [0.29, 0.717) is 66.5 Å². The van der Waals surface area contributed by atoms with E-state index in [9.17, 15) is 9.59 Å². The Morgan fingerprint density at radius 1 is 1.14 bits per heavy atom. The van der Waals surface area contributed by atoms with E-state index >= 15 is 0 Å². The Kier molecular flexibility index (Phi) is 6.52. The molecule has 0 bridgehead atoms. The van der Waals surface area contributed by atoms with E-state index in [4.69, 9.17) is 16.3 Å². The number of hydrogen-bond donors (Lipinski definition) is 3. The third-order valence-corrected chi connectivity index (χ3v) is 6.35. The zero-order valence-corrected chi connectivity index (χ0v) is 20.0. The maximum atomic E-state index is 12.7. The number of nitrogens with zero attached hydrogens (tertiary/aromatic N) is 3. The minimum absolute atomic E-state index is 0.161. The molecule has 1 saturated heterocycles. The highest BCUT2D eigenvalue weighted by Gasteiger charge is 2.17. The number of aromatic nitrogens is 4. The van der Waals surface area contributed by atoms with Gasteiger partial charge in [0.15, 0.2) is 0 Å². The summed E-state index contributed by atoms with van der Waals surface area (Å²) in [6.07, 6.45) is 0.459. The lowest BCUT2D eigenvalue weighted by Crippen LogP contribution is -2.38. The molecule has 1 amide bonds. The van der Waals surface area contributed by atoms with Crippen molar-refractivity contribution in [3.8, 4) is 11.4 Å². The molecule has 10 heteroatoms. The van der Waals surface area contributed by atoms with Gasteiger partial charge in [0.2, 0.25) is 11.9 Å². The Morgan fingerprint density at radius 3 is 2.71 bits per heavy atom. The van der Waals surface area contributed by atoms with Crippen LogP contribution in [-0.2, 0) is 16.0 Å². The van der Waals surface area contributed by atoms with Crippen molar-refractivity contribution in [2.24, 2.45) is 0 Å². The molecule has 0 aliphatic carbocycles. The number of amides is 1. The highest BCUT2D eigenvalue weighted by molar-refractivity contribution is 6.33. The summed E-state index contributed by atoms with van der Waals surface area (Å²) in [5.41, 5.74) is 3.95. The molecule has 2 aromatic carbocycles. The number of H-pyrrole nitrogens is 2. The van der Waals surface area contributed by atoms with Crippen LogP contribution in [0, 0.1) is 6.92 Å². The normalized spacial score (nSPS) is 13.8. The summed E-state index contributed by atoms with van der Waals surface area (Å²) in [5, 5.41) is 3.51. The minimum atomic E-state index is -0.210. The number of anilines is 2. The fourth-order valence-electron chi connectivity index (χ4n) is 4.15. The fraction of sp³-hybridized carbons (Fsp3) is 0.280. The molecule has 0 unspecified atom stereocenters. The van der Waals surface area contributed by atoms with Crippen molar-refractivity contribution in [2.75, 3.05) is 36.5 Å². The van der Waals surface area contributed by atoms with Crippen molar-refractivity contribution in [1.29, 1.82) is 0 Å². The van der Waals surface area contributed by atoms with Crippen LogP contribution in [0.15, 0.2) is 47.3 Å². The van der Waals surface area contributed by atoms with Gasteiger partial charge in [-0.2, -0.15) is 0 Å². The van der Waals surface area contributed by atoms with E-state index in [1.165, 1.54) is 0 Å². The number of hydrogen-bond acceptors (Lipinski definition) is 6. The van der Waals surface area contributed by atoms with Gasteiger partial charge in [-0.1, -0.05) is 23.7 Å². The average molecular weight is 493 g/mol. The summed E-state index contributed by atoms with van der Waals surface area (Å²) < 4.78 is 5.35. The number of rotatable bonds is 6. The second-order valence-corrected chi connectivity index (χ2v) is 8.81. The molecule has 0 radical (unpaired) electrons. The van der Waals surface area contributed by atoms with Crippen molar-refractivity contribution in [2.45, 2.75) is 19.8 Å². The van der Waals surface area contributed by atoms with Crippen LogP contribution in [-0.4, -0.2) is 52.1 Å². The van der Waals surface area contributed by atoms with Crippen molar-refractivity contribution < 1.29 is 9.53 Å². The molecule has 0 atom stereocenters. The molecule has 180 valence electrons. The first-order chi connectivity index (χ1) is 17.0. The van der Waals surface area contributed by atoms with Gasteiger partial charge in [0.25, 0.3) is 5.56 Å². The molecule has 0 spiro atoms. The molecular formula is C25H25ClN6O3. The predicted octanol–water partition coefficient (Wildman–Crippen LogP) is 3.68. The molecule has 1 aliphatic rings. The number of carbonyl (C=O) groups excluding carboxylic acids is 1. The second kappa shape index (κ2) is 9.89. The number of ether oxygens (including phenoxy) is 1. The lowest BCUT2D eigenvalue weighted by atomic mass is 10.1. The molecule has 9 nitrogen and oxygen atoms in total. The van der Waals surface area contributed by atoms with E-state index in [-0.39, 0.29) is 17.9 Å². The molecule has 0 saturated carbocycles. The highest BCUT2D eigenvalue weighted by atomic mass is 35.5. The largest absolute Gasteiger partial charge is 0.378 e. The maximum absolute atomic E-state index is 12.7. The van der Waals surface area contributed by atoms with Crippen LogP contribution >= 0.6 is 11.6 Å². The summed E-state index contributed by atoms with van der Waals surface area (Å²) in [6, 6.07) is 12.9. The molecule has 35 heavy (non-hydrogen) atoms. The Morgan fingerprint density at radius 2 is 1.94 bits per heavy atom. The van der Waals surface area contributed by atoms with Gasteiger partial charge in [0.05, 0.1) is 29.3 Å². The van der Waals surface area contributed by atoms with Gasteiger partial charge in [-0.05, 0) is 43.7 Å². The molecule has 2 aromatic heterocycles. The Balaban J connectivity index is 1.25. The standard InChI is InChI=1S/C25H25ClN6O3/c1-15-17(24(34)31-25(27-15)32-10-12-35-13-11-32)7-9-22(33)28-16-6-8-20-21(14-16)30-23(29-20)18-4-2-3-5-19(18)26/h2-6,8,14H,7,9-13H2,1H3,(H,28,33)(H,29,30)(H,27,31,34). The summed E-state index contributed by atoms with van der Waals surface area (Å²) in [6.45, 7) is 4.39. The number of benzene rings is 2. The Hall–Kier alpha value is -3.69. The molecule has 5 rings (SSSR count). The van der Waals surface area contributed by atoms with Gasteiger partial charge in [-0.25, -0.2) is 9.97 Å². The van der Waals surface area contributed by atoms with E-state index < -0.39 is 0 Å². The first kappa shape index (κ1) is 23.1. The van der Waals surface area contributed by atoms with Crippen molar-refractivity contribution in [1.82, 2.24) is 19.9 Å².